The van der Waals surface area contributed by atoms with Crippen LogP contribution < -0.4 is 0 Å². The van der Waals surface area contributed by atoms with Gasteiger partial charge in [0.25, 0.3) is 0 Å². The molecule has 1 aliphatic heterocycles. The molecule has 1 aromatic carbocycles. The third-order valence-electron chi connectivity index (χ3n) is 2.93. The van der Waals surface area contributed by atoms with Crippen molar-refractivity contribution in [1.82, 2.24) is 0 Å². The van der Waals surface area contributed by atoms with Gasteiger partial charge in [-0.25, -0.2) is 0 Å². The van der Waals surface area contributed by atoms with E-state index < -0.39 is 0 Å². The highest BCUT2D eigenvalue weighted by molar-refractivity contribution is 9.10. The number of benzene rings is 1. The first-order valence-electron chi connectivity index (χ1n) is 4.78. The Morgan fingerprint density at radius 3 is 3.23 bits per heavy atom. The molecule has 2 heteroatoms. The van der Waals surface area contributed by atoms with Crippen LogP contribution >= 0.6 is 15.9 Å². The van der Waals surface area contributed by atoms with Crippen LogP contribution in [0.25, 0.3) is 0 Å². The Hall–Kier alpha value is -0.340. The maximum Gasteiger partial charge on any atom is 0.109 e. The molecular formula is C11H11BrO. The predicted molar refractivity (Wildman–Crippen MR) is 54.7 cm³/mol. The van der Waals surface area contributed by atoms with Crippen molar-refractivity contribution in [2.45, 2.75) is 31.5 Å². The average Bonchev–Trinajstić information content (AvgIpc) is 2.85. The molecule has 0 amide bonds. The van der Waals surface area contributed by atoms with Gasteiger partial charge in [0.2, 0.25) is 0 Å². The second-order valence-corrected chi connectivity index (χ2v) is 4.75. The van der Waals surface area contributed by atoms with E-state index >= 15 is 0 Å². The maximum absolute atomic E-state index is 5.62. The molecule has 0 N–H and O–H groups in total. The van der Waals surface area contributed by atoms with E-state index in [9.17, 15) is 0 Å². The minimum absolute atomic E-state index is 0.412. The summed E-state index contributed by atoms with van der Waals surface area (Å²) < 4.78 is 6.79. The lowest BCUT2D eigenvalue weighted by atomic mass is 10.0. The zero-order valence-corrected chi connectivity index (χ0v) is 8.88. The van der Waals surface area contributed by atoms with Crippen molar-refractivity contribution in [3.63, 3.8) is 0 Å². The fraction of sp³-hybridized carbons (Fsp3) is 0.455. The lowest BCUT2D eigenvalue weighted by molar-refractivity contribution is 0.357. The van der Waals surface area contributed by atoms with Crippen LogP contribution in [0.1, 0.15) is 30.1 Å². The van der Waals surface area contributed by atoms with E-state index in [0.717, 1.165) is 0 Å². The monoisotopic (exact) mass is 238 g/mol. The summed E-state index contributed by atoms with van der Waals surface area (Å²) in [5.74, 6) is 0. The molecule has 2 aliphatic rings. The number of rotatable bonds is 0. The molecule has 68 valence electrons. The van der Waals surface area contributed by atoms with E-state index in [1.165, 1.54) is 34.9 Å². The fourth-order valence-corrected chi connectivity index (χ4v) is 2.57. The summed E-state index contributed by atoms with van der Waals surface area (Å²) in [5.41, 5.74) is 2.89. The summed E-state index contributed by atoms with van der Waals surface area (Å²) in [6, 6.07) is 6.57. The van der Waals surface area contributed by atoms with Crippen molar-refractivity contribution in [3.8, 4) is 0 Å². The summed E-state index contributed by atoms with van der Waals surface area (Å²) in [6.45, 7) is 0. The summed E-state index contributed by atoms with van der Waals surface area (Å²) in [4.78, 5) is 0. The molecule has 0 saturated carbocycles. The summed E-state index contributed by atoms with van der Waals surface area (Å²) in [5, 5.41) is 0. The Labute approximate surface area is 86.2 Å². The van der Waals surface area contributed by atoms with E-state index in [4.69, 9.17) is 4.74 Å². The van der Waals surface area contributed by atoms with Gasteiger partial charge in [-0.15, -0.1) is 0 Å². The second kappa shape index (κ2) is 2.82. The van der Waals surface area contributed by atoms with Gasteiger partial charge in [0.1, 0.15) is 6.10 Å². The van der Waals surface area contributed by atoms with Gasteiger partial charge in [-0.2, -0.15) is 0 Å². The van der Waals surface area contributed by atoms with Crippen molar-refractivity contribution < 1.29 is 4.74 Å². The zero-order chi connectivity index (χ0) is 8.84. The van der Waals surface area contributed by atoms with Crippen LogP contribution in [-0.4, -0.2) is 6.10 Å². The number of ether oxygens (including phenoxy) is 1. The minimum atomic E-state index is 0.412. The molecule has 1 fully saturated rings. The van der Waals surface area contributed by atoms with E-state index in [1.54, 1.807) is 0 Å². The van der Waals surface area contributed by atoms with Crippen LogP contribution in [0.2, 0.25) is 0 Å². The molecule has 2 atom stereocenters. The quantitative estimate of drug-likeness (QED) is 0.633. The normalized spacial score (nSPS) is 30.2. The third kappa shape index (κ3) is 1.32. The van der Waals surface area contributed by atoms with Crippen molar-refractivity contribution in [2.75, 3.05) is 0 Å². The Morgan fingerprint density at radius 2 is 2.31 bits per heavy atom. The molecule has 3 rings (SSSR count). The van der Waals surface area contributed by atoms with Gasteiger partial charge < -0.3 is 4.74 Å². The van der Waals surface area contributed by atoms with Crippen LogP contribution in [0, 0.1) is 0 Å². The van der Waals surface area contributed by atoms with Gasteiger partial charge in [-0.1, -0.05) is 22.0 Å². The lowest BCUT2D eigenvalue weighted by Crippen LogP contribution is -1.90. The number of hydrogen-bond donors (Lipinski definition) is 0. The summed E-state index contributed by atoms with van der Waals surface area (Å²) in [6.07, 6.45) is 4.66. The lowest BCUT2D eigenvalue weighted by Gasteiger charge is -2.05. The Morgan fingerprint density at radius 1 is 1.38 bits per heavy atom. The van der Waals surface area contributed by atoms with Gasteiger partial charge in [-0.05, 0) is 42.5 Å². The number of aryl methyl sites for hydroxylation is 1. The third-order valence-corrected chi connectivity index (χ3v) is 3.42. The van der Waals surface area contributed by atoms with Crippen molar-refractivity contribution >= 4 is 15.9 Å². The SMILES string of the molecule is Brc1ccc2c(c1)C1OC1CCC2. The van der Waals surface area contributed by atoms with Crippen LogP contribution in [0.4, 0.5) is 0 Å². The highest BCUT2D eigenvalue weighted by Crippen LogP contribution is 2.46. The maximum atomic E-state index is 5.62. The van der Waals surface area contributed by atoms with E-state index in [2.05, 4.69) is 34.1 Å². The molecule has 0 radical (unpaired) electrons. The molecule has 1 nitrogen and oxygen atoms in total. The summed E-state index contributed by atoms with van der Waals surface area (Å²) in [7, 11) is 0. The highest BCUT2D eigenvalue weighted by Gasteiger charge is 2.42. The molecule has 1 heterocycles. The molecule has 0 bridgehead atoms. The van der Waals surface area contributed by atoms with Gasteiger partial charge in [0, 0.05) is 4.47 Å². The number of halogens is 1. The minimum Gasteiger partial charge on any atom is -0.364 e. The van der Waals surface area contributed by atoms with E-state index in [1.807, 2.05) is 0 Å². The molecule has 1 saturated heterocycles. The Kier molecular flexibility index (Phi) is 1.74. The summed E-state index contributed by atoms with van der Waals surface area (Å²) >= 11 is 3.51. The van der Waals surface area contributed by atoms with Crippen molar-refractivity contribution in [1.29, 1.82) is 0 Å². The molecule has 0 spiro atoms. The second-order valence-electron chi connectivity index (χ2n) is 3.83. The van der Waals surface area contributed by atoms with Crippen molar-refractivity contribution in [2.24, 2.45) is 0 Å². The van der Waals surface area contributed by atoms with Gasteiger partial charge in [0.15, 0.2) is 0 Å². The van der Waals surface area contributed by atoms with Crippen LogP contribution in [0.3, 0.4) is 0 Å². The molecule has 0 aromatic heterocycles. The van der Waals surface area contributed by atoms with E-state index in [-0.39, 0.29) is 0 Å². The standard InChI is InChI=1S/C11H11BrO/c12-8-5-4-7-2-1-3-10-11(13-10)9(7)6-8/h4-6,10-11H,1-3H2. The molecule has 13 heavy (non-hydrogen) atoms. The first kappa shape index (κ1) is 8.01. The van der Waals surface area contributed by atoms with Gasteiger partial charge >= 0.3 is 0 Å². The van der Waals surface area contributed by atoms with Crippen LogP contribution in [-0.2, 0) is 11.2 Å². The number of hydrogen-bond acceptors (Lipinski definition) is 1. The molecule has 1 aromatic rings. The molecular weight excluding hydrogens is 228 g/mol. The number of fused-ring (bicyclic) bond motifs is 3. The molecule has 1 aliphatic carbocycles. The highest BCUT2D eigenvalue weighted by atomic mass is 79.9. The Bertz CT molecular complexity index is 348. The smallest absolute Gasteiger partial charge is 0.109 e. The Balaban J connectivity index is 2.09. The van der Waals surface area contributed by atoms with E-state index in [0.29, 0.717) is 12.2 Å². The first-order valence-corrected chi connectivity index (χ1v) is 5.58. The zero-order valence-electron chi connectivity index (χ0n) is 7.29. The first-order chi connectivity index (χ1) is 6.34. The molecule has 2 unspecified atom stereocenters. The van der Waals surface area contributed by atoms with Gasteiger partial charge in [-0.3, -0.25) is 0 Å². The predicted octanol–water partition coefficient (Wildman–Crippen LogP) is 3.23. The van der Waals surface area contributed by atoms with Crippen LogP contribution in [0.5, 0.6) is 0 Å². The largest absolute Gasteiger partial charge is 0.364 e. The average molecular weight is 239 g/mol. The topological polar surface area (TPSA) is 12.5 Å². The van der Waals surface area contributed by atoms with Crippen molar-refractivity contribution in [3.05, 3.63) is 33.8 Å². The fourth-order valence-electron chi connectivity index (χ4n) is 2.19. The van der Waals surface area contributed by atoms with Gasteiger partial charge in [0.05, 0.1) is 6.10 Å². The van der Waals surface area contributed by atoms with Crippen LogP contribution in [0.15, 0.2) is 22.7 Å². The number of epoxide rings is 1.